The fraction of sp³-hybridized carbons (Fsp3) is 0.636. The third-order valence-corrected chi connectivity index (χ3v) is 5.57. The molecule has 2 aliphatic heterocycles. The molecule has 0 aromatic heterocycles. The van der Waals surface area contributed by atoms with Crippen LogP contribution in [0, 0.1) is 5.92 Å². The van der Waals surface area contributed by atoms with Gasteiger partial charge in [-0.1, -0.05) is 31.2 Å². The molecule has 1 aromatic rings. The lowest BCUT2D eigenvalue weighted by molar-refractivity contribution is -0.152. The fourth-order valence-corrected chi connectivity index (χ4v) is 4.01. The van der Waals surface area contributed by atoms with Crippen LogP contribution in [-0.4, -0.2) is 47.8 Å². The van der Waals surface area contributed by atoms with Crippen molar-refractivity contribution in [1.29, 1.82) is 0 Å². The van der Waals surface area contributed by atoms with Crippen LogP contribution in [0.4, 0.5) is 4.79 Å². The molecule has 0 radical (unpaired) electrons. The Morgan fingerprint density at radius 3 is 2.64 bits per heavy atom. The SMILES string of the molecule is C[C@@H]1CO[C@@H](C(=O)N2CCc3ccccc3[C@@H]2C)C[C@@H]1NC(=O)OC(C)(C)C. The van der Waals surface area contributed by atoms with Gasteiger partial charge in [0.15, 0.2) is 0 Å². The summed E-state index contributed by atoms with van der Waals surface area (Å²) in [5.41, 5.74) is 1.96. The van der Waals surface area contributed by atoms with Crippen LogP contribution >= 0.6 is 0 Å². The second-order valence-electron chi connectivity index (χ2n) is 8.94. The number of carbonyl (C=O) groups is 2. The van der Waals surface area contributed by atoms with Crippen LogP contribution in [0.1, 0.15) is 58.2 Å². The molecule has 0 aliphatic carbocycles. The van der Waals surface area contributed by atoms with Gasteiger partial charge in [-0.25, -0.2) is 4.79 Å². The van der Waals surface area contributed by atoms with Crippen molar-refractivity contribution in [3.8, 4) is 0 Å². The van der Waals surface area contributed by atoms with Crippen molar-refractivity contribution in [3.63, 3.8) is 0 Å². The lowest BCUT2D eigenvalue weighted by Crippen LogP contribution is -2.53. The maximum Gasteiger partial charge on any atom is 0.407 e. The Morgan fingerprint density at radius 1 is 1.21 bits per heavy atom. The summed E-state index contributed by atoms with van der Waals surface area (Å²) in [7, 11) is 0. The predicted molar refractivity (Wildman–Crippen MR) is 107 cm³/mol. The molecule has 28 heavy (non-hydrogen) atoms. The highest BCUT2D eigenvalue weighted by Crippen LogP contribution is 2.31. The minimum Gasteiger partial charge on any atom is -0.444 e. The van der Waals surface area contributed by atoms with Gasteiger partial charge in [-0.2, -0.15) is 0 Å². The minimum absolute atomic E-state index is 0.00453. The third-order valence-electron chi connectivity index (χ3n) is 5.57. The quantitative estimate of drug-likeness (QED) is 0.843. The van der Waals surface area contributed by atoms with Crippen LogP contribution in [-0.2, 0) is 20.7 Å². The summed E-state index contributed by atoms with van der Waals surface area (Å²) >= 11 is 0. The van der Waals surface area contributed by atoms with Crippen molar-refractivity contribution >= 4 is 12.0 Å². The number of amides is 2. The summed E-state index contributed by atoms with van der Waals surface area (Å²) in [6, 6.07) is 8.16. The van der Waals surface area contributed by atoms with Crippen LogP contribution in [0.2, 0.25) is 0 Å². The van der Waals surface area contributed by atoms with E-state index in [-0.39, 0.29) is 23.9 Å². The number of alkyl carbamates (subject to hydrolysis) is 1. The Balaban J connectivity index is 1.65. The number of benzene rings is 1. The lowest BCUT2D eigenvalue weighted by atomic mass is 9.90. The van der Waals surface area contributed by atoms with Gasteiger partial charge < -0.3 is 19.7 Å². The molecule has 154 valence electrons. The van der Waals surface area contributed by atoms with E-state index in [0.717, 1.165) is 6.42 Å². The molecule has 1 saturated heterocycles. The highest BCUT2D eigenvalue weighted by atomic mass is 16.6. The van der Waals surface area contributed by atoms with Crippen molar-refractivity contribution in [2.24, 2.45) is 5.92 Å². The van der Waals surface area contributed by atoms with Crippen molar-refractivity contribution in [1.82, 2.24) is 10.2 Å². The Morgan fingerprint density at radius 2 is 1.93 bits per heavy atom. The van der Waals surface area contributed by atoms with E-state index >= 15 is 0 Å². The van der Waals surface area contributed by atoms with Gasteiger partial charge >= 0.3 is 6.09 Å². The molecular weight excluding hydrogens is 356 g/mol. The van der Waals surface area contributed by atoms with Crippen molar-refractivity contribution in [3.05, 3.63) is 35.4 Å². The van der Waals surface area contributed by atoms with Gasteiger partial charge in [0.05, 0.1) is 12.6 Å². The molecule has 4 atom stereocenters. The topological polar surface area (TPSA) is 67.9 Å². The van der Waals surface area contributed by atoms with E-state index in [1.54, 1.807) is 0 Å². The first-order chi connectivity index (χ1) is 13.2. The van der Waals surface area contributed by atoms with Crippen LogP contribution in [0.5, 0.6) is 0 Å². The van der Waals surface area contributed by atoms with Crippen LogP contribution in [0.3, 0.4) is 0 Å². The van der Waals surface area contributed by atoms with Gasteiger partial charge in [0.1, 0.15) is 11.7 Å². The molecule has 0 spiro atoms. The zero-order chi connectivity index (χ0) is 20.5. The molecule has 2 heterocycles. The Hall–Kier alpha value is -2.08. The van der Waals surface area contributed by atoms with E-state index in [4.69, 9.17) is 9.47 Å². The Labute approximate surface area is 167 Å². The van der Waals surface area contributed by atoms with E-state index in [1.165, 1.54) is 11.1 Å². The number of ether oxygens (including phenoxy) is 2. The average molecular weight is 389 g/mol. The number of nitrogens with one attached hydrogen (secondary N) is 1. The van der Waals surface area contributed by atoms with Gasteiger partial charge in [0, 0.05) is 19.0 Å². The lowest BCUT2D eigenvalue weighted by Gasteiger charge is -2.40. The largest absolute Gasteiger partial charge is 0.444 e. The zero-order valence-corrected chi connectivity index (χ0v) is 17.5. The molecule has 0 unspecified atom stereocenters. The zero-order valence-electron chi connectivity index (χ0n) is 17.5. The first-order valence-corrected chi connectivity index (χ1v) is 10.1. The van der Waals surface area contributed by atoms with Crippen molar-refractivity contribution in [2.45, 2.75) is 71.2 Å². The summed E-state index contributed by atoms with van der Waals surface area (Å²) in [6.45, 7) is 10.7. The van der Waals surface area contributed by atoms with E-state index in [1.807, 2.05) is 44.7 Å². The monoisotopic (exact) mass is 388 g/mol. The van der Waals surface area contributed by atoms with Gasteiger partial charge in [0.25, 0.3) is 5.91 Å². The van der Waals surface area contributed by atoms with Gasteiger partial charge in [0.2, 0.25) is 0 Å². The summed E-state index contributed by atoms with van der Waals surface area (Å²) in [6.07, 6.45) is 0.334. The number of carbonyl (C=O) groups excluding carboxylic acids is 2. The summed E-state index contributed by atoms with van der Waals surface area (Å²) < 4.78 is 11.2. The normalized spacial score (nSPS) is 27.7. The highest BCUT2D eigenvalue weighted by molar-refractivity contribution is 5.82. The molecule has 1 fully saturated rings. The number of fused-ring (bicyclic) bond motifs is 1. The smallest absolute Gasteiger partial charge is 0.407 e. The minimum atomic E-state index is -0.551. The number of rotatable bonds is 2. The Bertz CT molecular complexity index is 727. The molecule has 0 bridgehead atoms. The molecule has 3 rings (SSSR count). The number of nitrogens with zero attached hydrogens (tertiary/aromatic N) is 1. The molecule has 1 aromatic carbocycles. The first-order valence-electron chi connectivity index (χ1n) is 10.1. The molecule has 6 heteroatoms. The molecule has 1 N–H and O–H groups in total. The van der Waals surface area contributed by atoms with E-state index in [0.29, 0.717) is 19.6 Å². The number of hydrogen-bond acceptors (Lipinski definition) is 4. The van der Waals surface area contributed by atoms with Crippen LogP contribution in [0.15, 0.2) is 24.3 Å². The molecule has 0 saturated carbocycles. The second kappa shape index (κ2) is 8.11. The van der Waals surface area contributed by atoms with E-state index in [2.05, 4.69) is 24.4 Å². The standard InChI is InChI=1S/C22H32N2O4/c1-14-13-27-19(12-18(14)23-21(26)28-22(3,4)5)20(25)24-11-10-16-8-6-7-9-17(16)15(24)2/h6-9,14-15,18-19H,10-13H2,1-5H3,(H,23,26)/t14-,15+,18+,19-/m1/s1. The van der Waals surface area contributed by atoms with Gasteiger partial charge in [-0.15, -0.1) is 0 Å². The molecule has 6 nitrogen and oxygen atoms in total. The molecule has 2 aliphatic rings. The van der Waals surface area contributed by atoms with E-state index < -0.39 is 17.8 Å². The fourth-order valence-electron chi connectivity index (χ4n) is 4.01. The summed E-state index contributed by atoms with van der Waals surface area (Å²) in [4.78, 5) is 27.3. The summed E-state index contributed by atoms with van der Waals surface area (Å²) in [5.74, 6) is 0.126. The number of hydrogen-bond donors (Lipinski definition) is 1. The first kappa shape index (κ1) is 20.6. The maximum absolute atomic E-state index is 13.2. The average Bonchev–Trinajstić information content (AvgIpc) is 2.62. The second-order valence-corrected chi connectivity index (χ2v) is 8.94. The molecule has 2 amide bonds. The molecular formula is C22H32N2O4. The van der Waals surface area contributed by atoms with Crippen molar-refractivity contribution < 1.29 is 19.1 Å². The van der Waals surface area contributed by atoms with Crippen LogP contribution in [0.25, 0.3) is 0 Å². The van der Waals surface area contributed by atoms with Crippen LogP contribution < -0.4 is 5.32 Å². The predicted octanol–water partition coefficient (Wildman–Crippen LogP) is 3.45. The van der Waals surface area contributed by atoms with Crippen molar-refractivity contribution in [2.75, 3.05) is 13.2 Å². The van der Waals surface area contributed by atoms with E-state index in [9.17, 15) is 9.59 Å². The Kier molecular flexibility index (Phi) is 5.98. The third kappa shape index (κ3) is 4.66. The summed E-state index contributed by atoms with van der Waals surface area (Å²) in [5, 5.41) is 2.93. The van der Waals surface area contributed by atoms with Gasteiger partial charge in [-0.3, -0.25) is 4.79 Å². The highest BCUT2D eigenvalue weighted by Gasteiger charge is 2.38. The maximum atomic E-state index is 13.2. The van der Waals surface area contributed by atoms with Gasteiger partial charge in [-0.05, 0) is 51.2 Å².